The predicted octanol–water partition coefficient (Wildman–Crippen LogP) is 3.04. The highest BCUT2D eigenvalue weighted by Gasteiger charge is 2.16. The summed E-state index contributed by atoms with van der Waals surface area (Å²) in [5.74, 6) is 0.688. The molecule has 0 aromatic carbocycles. The van der Waals surface area contributed by atoms with Gasteiger partial charge in [0.05, 0.1) is 0 Å². The molecule has 1 aliphatic rings. The molecule has 0 aliphatic heterocycles. The van der Waals surface area contributed by atoms with Gasteiger partial charge < -0.3 is 5.32 Å². The van der Waals surface area contributed by atoms with Gasteiger partial charge in [-0.25, -0.2) is 0 Å². The van der Waals surface area contributed by atoms with Crippen molar-refractivity contribution in [2.45, 2.75) is 58.4 Å². The lowest BCUT2D eigenvalue weighted by atomic mass is 10.0. The molecule has 1 aliphatic carbocycles. The van der Waals surface area contributed by atoms with Gasteiger partial charge in [0.25, 0.3) is 0 Å². The summed E-state index contributed by atoms with van der Waals surface area (Å²) in [6.07, 6.45) is 6.30. The van der Waals surface area contributed by atoms with Crippen LogP contribution in [0.25, 0.3) is 0 Å². The van der Waals surface area contributed by atoms with Gasteiger partial charge in [0.15, 0.2) is 0 Å². The molecule has 0 saturated heterocycles. The summed E-state index contributed by atoms with van der Waals surface area (Å²) in [6, 6.07) is 0.449. The van der Waals surface area contributed by atoms with Crippen molar-refractivity contribution in [3.05, 3.63) is 12.2 Å². The predicted molar refractivity (Wildman–Crippen MR) is 63.6 cm³/mol. The zero-order valence-electron chi connectivity index (χ0n) is 10.0. The molecule has 1 N–H and O–H groups in total. The molecule has 1 amide bonds. The van der Waals surface area contributed by atoms with Crippen molar-refractivity contribution in [3.63, 3.8) is 0 Å². The van der Waals surface area contributed by atoms with E-state index in [1.807, 2.05) is 0 Å². The Kier molecular flexibility index (Phi) is 4.86. The third-order valence-electron chi connectivity index (χ3n) is 3.21. The monoisotopic (exact) mass is 209 g/mol. The number of hydrogen-bond acceptors (Lipinski definition) is 1. The summed E-state index contributed by atoms with van der Waals surface area (Å²) in [7, 11) is 0. The number of amides is 1. The maximum Gasteiger partial charge on any atom is 0.220 e. The minimum atomic E-state index is 0.198. The molecule has 15 heavy (non-hydrogen) atoms. The van der Waals surface area contributed by atoms with Gasteiger partial charge in [-0.05, 0) is 25.2 Å². The Bertz CT molecular complexity index is 227. The normalized spacial score (nSPS) is 17.0. The van der Waals surface area contributed by atoms with Crippen LogP contribution < -0.4 is 5.32 Å². The van der Waals surface area contributed by atoms with Gasteiger partial charge in [0.2, 0.25) is 5.91 Å². The molecule has 0 heterocycles. The van der Waals surface area contributed by atoms with Crippen molar-refractivity contribution in [2.75, 3.05) is 0 Å². The van der Waals surface area contributed by atoms with Gasteiger partial charge in [0.1, 0.15) is 0 Å². The van der Waals surface area contributed by atoms with Gasteiger partial charge in [-0.1, -0.05) is 38.8 Å². The molecule has 0 unspecified atom stereocenters. The molecular weight excluding hydrogens is 186 g/mol. The highest BCUT2D eigenvalue weighted by molar-refractivity contribution is 5.76. The number of hydrogen-bond donors (Lipinski definition) is 1. The number of rotatable bonds is 5. The highest BCUT2D eigenvalue weighted by Crippen LogP contribution is 2.18. The average Bonchev–Trinajstić information content (AvgIpc) is 2.66. The van der Waals surface area contributed by atoms with Crippen LogP contribution in [-0.4, -0.2) is 11.9 Å². The number of allylic oxidation sites excluding steroid dienone is 1. The summed E-state index contributed by atoms with van der Waals surface area (Å²) < 4.78 is 0. The minimum Gasteiger partial charge on any atom is -0.353 e. The maximum atomic E-state index is 11.6. The van der Waals surface area contributed by atoms with E-state index in [1.165, 1.54) is 18.4 Å². The highest BCUT2D eigenvalue weighted by atomic mass is 16.1. The molecule has 0 spiro atoms. The van der Waals surface area contributed by atoms with Crippen LogP contribution in [-0.2, 0) is 4.79 Å². The lowest BCUT2D eigenvalue weighted by Gasteiger charge is -2.13. The third-order valence-corrected chi connectivity index (χ3v) is 3.21. The van der Waals surface area contributed by atoms with Crippen molar-refractivity contribution in [1.29, 1.82) is 0 Å². The van der Waals surface area contributed by atoms with E-state index in [9.17, 15) is 4.79 Å². The molecule has 2 nitrogen and oxygen atoms in total. The largest absolute Gasteiger partial charge is 0.353 e. The lowest BCUT2D eigenvalue weighted by molar-refractivity contribution is -0.121. The van der Waals surface area contributed by atoms with Crippen LogP contribution >= 0.6 is 0 Å². The second kappa shape index (κ2) is 5.94. The van der Waals surface area contributed by atoms with Crippen molar-refractivity contribution < 1.29 is 4.79 Å². The Morgan fingerprint density at radius 2 is 1.93 bits per heavy atom. The van der Waals surface area contributed by atoms with Crippen molar-refractivity contribution >= 4 is 5.91 Å². The van der Waals surface area contributed by atoms with Crippen molar-refractivity contribution in [1.82, 2.24) is 5.32 Å². The van der Waals surface area contributed by atoms with Crippen LogP contribution in [0.5, 0.6) is 0 Å². The molecule has 1 rings (SSSR count). The Morgan fingerprint density at radius 3 is 2.47 bits per heavy atom. The summed E-state index contributed by atoms with van der Waals surface area (Å²) >= 11 is 0. The first-order valence-corrected chi connectivity index (χ1v) is 6.06. The molecule has 2 heteroatoms. The lowest BCUT2D eigenvalue weighted by Crippen LogP contribution is -2.32. The fraction of sp³-hybridized carbons (Fsp3) is 0.769. The zero-order valence-corrected chi connectivity index (χ0v) is 10.0. The molecule has 1 fully saturated rings. The molecule has 86 valence electrons. The molecule has 0 aromatic rings. The van der Waals surface area contributed by atoms with E-state index in [-0.39, 0.29) is 5.91 Å². The Hall–Kier alpha value is -0.790. The first-order valence-electron chi connectivity index (χ1n) is 6.06. The Morgan fingerprint density at radius 1 is 1.33 bits per heavy atom. The van der Waals surface area contributed by atoms with Crippen LogP contribution in [0.1, 0.15) is 52.4 Å². The summed E-state index contributed by atoms with van der Waals surface area (Å²) in [4.78, 5) is 11.6. The zero-order chi connectivity index (χ0) is 11.3. The van der Waals surface area contributed by atoms with E-state index >= 15 is 0 Å². The van der Waals surface area contributed by atoms with E-state index in [0.29, 0.717) is 18.4 Å². The number of carbonyl (C=O) groups is 1. The topological polar surface area (TPSA) is 29.1 Å². The van der Waals surface area contributed by atoms with Crippen LogP contribution in [0.4, 0.5) is 0 Å². The quantitative estimate of drug-likeness (QED) is 0.693. The fourth-order valence-electron chi connectivity index (χ4n) is 1.93. The van der Waals surface area contributed by atoms with E-state index in [0.717, 1.165) is 19.3 Å². The smallest absolute Gasteiger partial charge is 0.220 e. The van der Waals surface area contributed by atoms with E-state index in [1.54, 1.807) is 0 Å². The number of nitrogens with one attached hydrogen (secondary N) is 1. The summed E-state index contributed by atoms with van der Waals surface area (Å²) in [6.45, 7) is 8.22. The van der Waals surface area contributed by atoms with E-state index in [4.69, 9.17) is 0 Å². The molecular formula is C13H23NO. The maximum absolute atomic E-state index is 11.6. The van der Waals surface area contributed by atoms with Gasteiger partial charge >= 0.3 is 0 Å². The van der Waals surface area contributed by atoms with Gasteiger partial charge in [-0.3, -0.25) is 4.79 Å². The second-order valence-electron chi connectivity index (χ2n) is 4.86. The van der Waals surface area contributed by atoms with Crippen LogP contribution in [0.2, 0.25) is 0 Å². The summed E-state index contributed by atoms with van der Waals surface area (Å²) in [5.41, 5.74) is 1.18. The van der Waals surface area contributed by atoms with E-state index in [2.05, 4.69) is 25.7 Å². The van der Waals surface area contributed by atoms with Gasteiger partial charge in [-0.2, -0.15) is 0 Å². The molecule has 0 bridgehead atoms. The Balaban J connectivity index is 2.15. The fourth-order valence-corrected chi connectivity index (χ4v) is 1.93. The first kappa shape index (κ1) is 12.3. The van der Waals surface area contributed by atoms with Crippen LogP contribution in [0, 0.1) is 5.92 Å². The van der Waals surface area contributed by atoms with Crippen molar-refractivity contribution in [2.24, 2.45) is 5.92 Å². The summed E-state index contributed by atoms with van der Waals surface area (Å²) in [5, 5.41) is 3.09. The third kappa shape index (κ3) is 4.50. The number of carbonyl (C=O) groups excluding carboxylic acids is 1. The van der Waals surface area contributed by atoms with Crippen LogP contribution in [0.3, 0.4) is 0 Å². The molecule has 0 atom stereocenters. The SMILES string of the molecule is C=C(CCC(=O)NC1CCCC1)C(C)C. The first-order chi connectivity index (χ1) is 7.09. The average molecular weight is 209 g/mol. The minimum absolute atomic E-state index is 0.198. The van der Waals surface area contributed by atoms with Gasteiger partial charge in [0, 0.05) is 12.5 Å². The molecule has 1 saturated carbocycles. The standard InChI is InChI=1S/C13H23NO/c1-10(2)11(3)8-9-13(15)14-12-6-4-5-7-12/h10,12H,3-9H2,1-2H3,(H,14,15). The Labute approximate surface area is 93.1 Å². The molecule has 0 radical (unpaired) electrons. The van der Waals surface area contributed by atoms with Crippen molar-refractivity contribution in [3.8, 4) is 0 Å². The van der Waals surface area contributed by atoms with Crippen LogP contribution in [0.15, 0.2) is 12.2 Å². The van der Waals surface area contributed by atoms with E-state index < -0.39 is 0 Å². The van der Waals surface area contributed by atoms with Gasteiger partial charge in [-0.15, -0.1) is 0 Å². The molecule has 0 aromatic heterocycles. The second-order valence-corrected chi connectivity index (χ2v) is 4.86.